The highest BCUT2D eigenvalue weighted by atomic mass is 16.3. The minimum Gasteiger partial charge on any atom is -0.504 e. The molecule has 0 saturated heterocycles. The number of hydrogen-bond donors (Lipinski definition) is 3. The van der Waals surface area contributed by atoms with Crippen LogP contribution in [0.1, 0.15) is 26.3 Å². The maximum atomic E-state index is 12.3. The molecule has 0 aliphatic carbocycles. The van der Waals surface area contributed by atoms with Crippen LogP contribution in [0.4, 0.5) is 0 Å². The number of likely N-dealkylation sites (N-methyl/N-ethyl adjacent to an activating group) is 1. The van der Waals surface area contributed by atoms with Crippen LogP contribution in [0, 0.1) is 5.92 Å². The summed E-state index contributed by atoms with van der Waals surface area (Å²) in [7, 11) is 0. The van der Waals surface area contributed by atoms with E-state index < -0.39 is 6.04 Å². The van der Waals surface area contributed by atoms with Gasteiger partial charge < -0.3 is 20.8 Å². The Morgan fingerprint density at radius 1 is 1.30 bits per heavy atom. The number of hydrogen-bond acceptors (Lipinski definition) is 4. The van der Waals surface area contributed by atoms with Gasteiger partial charge in [-0.05, 0) is 37.0 Å². The maximum absolute atomic E-state index is 12.3. The fraction of sp³-hybridized carbons (Fsp3) is 0.533. The minimum atomic E-state index is -0.641. The van der Waals surface area contributed by atoms with Crippen molar-refractivity contribution in [1.82, 2.24) is 4.90 Å². The first-order valence-electron chi connectivity index (χ1n) is 6.90. The molecule has 0 bridgehead atoms. The van der Waals surface area contributed by atoms with Crippen LogP contribution in [0.5, 0.6) is 11.5 Å². The van der Waals surface area contributed by atoms with Gasteiger partial charge >= 0.3 is 0 Å². The molecule has 112 valence electrons. The summed E-state index contributed by atoms with van der Waals surface area (Å²) in [5.74, 6) is -0.0714. The van der Waals surface area contributed by atoms with Gasteiger partial charge in [-0.3, -0.25) is 4.79 Å². The molecule has 1 aromatic carbocycles. The highest BCUT2D eigenvalue weighted by molar-refractivity contribution is 5.82. The topological polar surface area (TPSA) is 86.8 Å². The van der Waals surface area contributed by atoms with Gasteiger partial charge in [-0.25, -0.2) is 0 Å². The number of nitrogens with two attached hydrogens (primary N) is 1. The monoisotopic (exact) mass is 280 g/mol. The Bertz CT molecular complexity index is 460. The quantitative estimate of drug-likeness (QED) is 0.689. The number of nitrogens with zero attached hydrogens (tertiary/aromatic N) is 1. The van der Waals surface area contributed by atoms with E-state index in [-0.39, 0.29) is 17.4 Å². The van der Waals surface area contributed by atoms with Crippen LogP contribution < -0.4 is 5.73 Å². The molecule has 0 unspecified atom stereocenters. The van der Waals surface area contributed by atoms with Gasteiger partial charge in [0.1, 0.15) is 0 Å². The van der Waals surface area contributed by atoms with Gasteiger partial charge in [0.2, 0.25) is 5.91 Å². The Morgan fingerprint density at radius 2 is 1.95 bits per heavy atom. The minimum absolute atomic E-state index is 0.0891. The Kier molecular flexibility index (Phi) is 5.82. The van der Waals surface area contributed by atoms with Gasteiger partial charge in [0.15, 0.2) is 11.5 Å². The molecular weight excluding hydrogens is 256 g/mol. The smallest absolute Gasteiger partial charge is 0.239 e. The second-order valence-electron chi connectivity index (χ2n) is 5.40. The molecule has 5 heteroatoms. The van der Waals surface area contributed by atoms with E-state index >= 15 is 0 Å². The van der Waals surface area contributed by atoms with Crippen LogP contribution in [0.3, 0.4) is 0 Å². The van der Waals surface area contributed by atoms with Crippen molar-refractivity contribution in [1.29, 1.82) is 0 Å². The zero-order chi connectivity index (χ0) is 15.3. The lowest BCUT2D eigenvalue weighted by atomic mass is 10.0. The van der Waals surface area contributed by atoms with Crippen molar-refractivity contribution in [3.05, 3.63) is 23.8 Å². The average Bonchev–Trinajstić information content (AvgIpc) is 2.39. The number of benzene rings is 1. The fourth-order valence-corrected chi connectivity index (χ4v) is 2.09. The molecule has 1 aromatic rings. The summed E-state index contributed by atoms with van der Waals surface area (Å²) >= 11 is 0. The van der Waals surface area contributed by atoms with Crippen LogP contribution in [0.2, 0.25) is 0 Å². The fourth-order valence-electron chi connectivity index (χ4n) is 2.09. The summed E-state index contributed by atoms with van der Waals surface area (Å²) in [5.41, 5.74) is 6.68. The van der Waals surface area contributed by atoms with E-state index in [1.54, 1.807) is 11.0 Å². The van der Waals surface area contributed by atoms with E-state index in [9.17, 15) is 15.0 Å². The van der Waals surface area contributed by atoms with Gasteiger partial charge in [0, 0.05) is 13.1 Å². The van der Waals surface area contributed by atoms with E-state index in [2.05, 4.69) is 13.8 Å². The van der Waals surface area contributed by atoms with Crippen molar-refractivity contribution in [3.63, 3.8) is 0 Å². The van der Waals surface area contributed by atoms with Gasteiger partial charge in [0.25, 0.3) is 0 Å². The molecule has 1 rings (SSSR count). The molecular formula is C15H24N2O3. The summed E-state index contributed by atoms with van der Waals surface area (Å²) in [5, 5.41) is 18.7. The van der Waals surface area contributed by atoms with Crippen LogP contribution in [0.15, 0.2) is 18.2 Å². The zero-order valence-corrected chi connectivity index (χ0v) is 12.3. The standard InChI is InChI=1S/C15H24N2O3/c1-4-17(9-10(2)3)15(20)12(16)7-11-5-6-13(18)14(19)8-11/h5-6,8,10,12,18-19H,4,7,9,16H2,1-3H3/t12-/m0/s1. The molecule has 5 nitrogen and oxygen atoms in total. The molecule has 0 aromatic heterocycles. The van der Waals surface area contributed by atoms with Crippen molar-refractivity contribution in [2.75, 3.05) is 13.1 Å². The third-order valence-corrected chi connectivity index (χ3v) is 3.09. The largest absolute Gasteiger partial charge is 0.504 e. The van der Waals surface area contributed by atoms with Gasteiger partial charge in [-0.15, -0.1) is 0 Å². The van der Waals surface area contributed by atoms with E-state index in [1.165, 1.54) is 12.1 Å². The second-order valence-corrected chi connectivity index (χ2v) is 5.40. The number of rotatable bonds is 6. The molecule has 0 aliphatic heterocycles. The van der Waals surface area contributed by atoms with E-state index in [0.717, 1.165) is 5.56 Å². The van der Waals surface area contributed by atoms with Gasteiger partial charge in [0.05, 0.1) is 6.04 Å². The third kappa shape index (κ3) is 4.42. The van der Waals surface area contributed by atoms with E-state index in [1.807, 2.05) is 6.92 Å². The lowest BCUT2D eigenvalue weighted by Crippen LogP contribution is -2.46. The highest BCUT2D eigenvalue weighted by Gasteiger charge is 2.21. The van der Waals surface area contributed by atoms with Gasteiger partial charge in [-0.1, -0.05) is 19.9 Å². The second kappa shape index (κ2) is 7.14. The Labute approximate surface area is 120 Å². The molecule has 0 aliphatic rings. The Hall–Kier alpha value is -1.75. The van der Waals surface area contributed by atoms with Crippen LogP contribution in [-0.2, 0) is 11.2 Å². The first-order chi connectivity index (χ1) is 9.35. The molecule has 0 saturated carbocycles. The van der Waals surface area contributed by atoms with Crippen molar-refractivity contribution in [2.45, 2.75) is 33.2 Å². The van der Waals surface area contributed by atoms with Crippen molar-refractivity contribution in [3.8, 4) is 11.5 Å². The average molecular weight is 280 g/mol. The first-order valence-corrected chi connectivity index (χ1v) is 6.90. The number of phenolic OH excluding ortho intramolecular Hbond substituents is 2. The first kappa shape index (κ1) is 16.3. The highest BCUT2D eigenvalue weighted by Crippen LogP contribution is 2.25. The third-order valence-electron chi connectivity index (χ3n) is 3.09. The summed E-state index contributed by atoms with van der Waals surface area (Å²) in [6, 6.07) is 3.84. The molecule has 0 radical (unpaired) electrons. The predicted octanol–water partition coefficient (Wildman–Crippen LogP) is 1.47. The lowest BCUT2D eigenvalue weighted by molar-refractivity contribution is -0.132. The Morgan fingerprint density at radius 3 is 2.45 bits per heavy atom. The number of phenols is 2. The predicted molar refractivity (Wildman–Crippen MR) is 78.5 cm³/mol. The zero-order valence-electron chi connectivity index (χ0n) is 12.3. The Balaban J connectivity index is 2.71. The summed E-state index contributed by atoms with van der Waals surface area (Å²) in [6.07, 6.45) is 0.335. The molecule has 20 heavy (non-hydrogen) atoms. The van der Waals surface area contributed by atoms with Gasteiger partial charge in [-0.2, -0.15) is 0 Å². The number of amides is 1. The number of aromatic hydroxyl groups is 2. The summed E-state index contributed by atoms with van der Waals surface area (Å²) in [4.78, 5) is 14.0. The normalized spacial score (nSPS) is 12.4. The number of carbonyl (C=O) groups is 1. The van der Waals surface area contributed by atoms with Crippen LogP contribution in [-0.4, -0.2) is 40.2 Å². The molecule has 4 N–H and O–H groups in total. The lowest BCUT2D eigenvalue weighted by Gasteiger charge is -2.26. The van der Waals surface area contributed by atoms with Crippen LogP contribution in [0.25, 0.3) is 0 Å². The number of carbonyl (C=O) groups excluding carboxylic acids is 1. The molecule has 1 amide bonds. The van der Waals surface area contributed by atoms with E-state index in [4.69, 9.17) is 5.73 Å². The summed E-state index contributed by atoms with van der Waals surface area (Å²) < 4.78 is 0. The van der Waals surface area contributed by atoms with Crippen molar-refractivity contribution in [2.24, 2.45) is 11.7 Å². The molecule has 0 spiro atoms. The maximum Gasteiger partial charge on any atom is 0.239 e. The van der Waals surface area contributed by atoms with Crippen molar-refractivity contribution < 1.29 is 15.0 Å². The molecule has 0 heterocycles. The molecule has 1 atom stereocenters. The molecule has 0 fully saturated rings. The van der Waals surface area contributed by atoms with Crippen molar-refractivity contribution >= 4 is 5.91 Å². The van der Waals surface area contributed by atoms with E-state index in [0.29, 0.717) is 25.4 Å². The van der Waals surface area contributed by atoms with Crippen LogP contribution >= 0.6 is 0 Å². The SMILES string of the molecule is CCN(CC(C)C)C(=O)[C@@H](N)Cc1ccc(O)c(O)c1. The summed E-state index contributed by atoms with van der Waals surface area (Å²) in [6.45, 7) is 7.35.